The van der Waals surface area contributed by atoms with E-state index in [2.05, 4.69) is 0 Å². The first-order valence-corrected chi connectivity index (χ1v) is 11.6. The molecule has 32 heavy (non-hydrogen) atoms. The molecule has 1 aliphatic rings. The van der Waals surface area contributed by atoms with E-state index in [9.17, 15) is 14.4 Å². The molecule has 7 heteroatoms. The van der Waals surface area contributed by atoms with Crippen LogP contribution in [0.1, 0.15) is 88.6 Å². The Bertz CT molecular complexity index is 952. The maximum atomic E-state index is 13.5. The lowest BCUT2D eigenvalue weighted by molar-refractivity contribution is 0.0512. The van der Waals surface area contributed by atoms with Gasteiger partial charge in [0.25, 0.3) is 5.91 Å². The van der Waals surface area contributed by atoms with Crippen LogP contribution >= 0.6 is 0 Å². The molecule has 0 bridgehead atoms. The third-order valence-electron chi connectivity index (χ3n) is 6.39. The third-order valence-corrected chi connectivity index (χ3v) is 6.39. The van der Waals surface area contributed by atoms with Gasteiger partial charge in [0.05, 0.1) is 19.4 Å². The van der Waals surface area contributed by atoms with Crippen molar-refractivity contribution in [1.29, 1.82) is 0 Å². The zero-order valence-corrected chi connectivity index (χ0v) is 19.6. The highest BCUT2D eigenvalue weighted by Gasteiger charge is 2.30. The Balaban J connectivity index is 1.90. The molecular formula is C25H34N2O5. The van der Waals surface area contributed by atoms with Gasteiger partial charge in [0.15, 0.2) is 11.5 Å². The number of carbonyl (C=O) groups is 3. The predicted molar refractivity (Wildman–Crippen MR) is 121 cm³/mol. The number of ether oxygens (including phenoxy) is 1. The van der Waals surface area contributed by atoms with Crippen LogP contribution in [0.25, 0.3) is 0 Å². The van der Waals surface area contributed by atoms with Crippen molar-refractivity contribution in [2.75, 3.05) is 19.7 Å². The number of furan rings is 1. The number of rotatable bonds is 9. The van der Waals surface area contributed by atoms with Crippen molar-refractivity contribution in [2.45, 2.75) is 66.3 Å². The lowest BCUT2D eigenvalue weighted by atomic mass is 9.88. The molecule has 3 rings (SSSR count). The average Bonchev–Trinajstić information content (AvgIpc) is 3.39. The molecule has 0 atom stereocenters. The number of carbonyl (C=O) groups excluding carboxylic acids is 3. The Morgan fingerprint density at radius 3 is 2.47 bits per heavy atom. The van der Waals surface area contributed by atoms with Gasteiger partial charge in [0, 0.05) is 24.3 Å². The van der Waals surface area contributed by atoms with E-state index in [0.29, 0.717) is 35.8 Å². The van der Waals surface area contributed by atoms with Crippen LogP contribution in [0.15, 0.2) is 22.8 Å². The standard InChI is InChI=1S/C25H34N2O5/c1-5-27-18(4)22(17(3)23(27)25(30)31-6-2)20(28)16-26(15-19-11-8-7-9-12-19)24(29)21-13-10-14-32-21/h10,13-14,19H,5-9,11-12,15-16H2,1-4H3. The van der Waals surface area contributed by atoms with Gasteiger partial charge in [0.1, 0.15) is 5.69 Å². The number of hydrogen-bond acceptors (Lipinski definition) is 5. The number of amides is 1. The molecule has 1 saturated carbocycles. The van der Waals surface area contributed by atoms with E-state index >= 15 is 0 Å². The summed E-state index contributed by atoms with van der Waals surface area (Å²) >= 11 is 0. The van der Waals surface area contributed by atoms with E-state index in [1.807, 2.05) is 18.4 Å². The number of esters is 1. The highest BCUT2D eigenvalue weighted by molar-refractivity contribution is 6.05. The van der Waals surface area contributed by atoms with Crippen molar-refractivity contribution < 1.29 is 23.5 Å². The summed E-state index contributed by atoms with van der Waals surface area (Å²) in [7, 11) is 0. The van der Waals surface area contributed by atoms with Gasteiger partial charge in [-0.2, -0.15) is 0 Å². The van der Waals surface area contributed by atoms with Gasteiger partial charge in [-0.15, -0.1) is 0 Å². The molecule has 1 aliphatic carbocycles. The van der Waals surface area contributed by atoms with Gasteiger partial charge in [-0.05, 0) is 64.2 Å². The van der Waals surface area contributed by atoms with Gasteiger partial charge in [0.2, 0.25) is 0 Å². The molecule has 174 valence electrons. The number of aromatic nitrogens is 1. The van der Waals surface area contributed by atoms with E-state index in [0.717, 1.165) is 31.4 Å². The van der Waals surface area contributed by atoms with E-state index in [1.165, 1.54) is 12.7 Å². The minimum Gasteiger partial charge on any atom is -0.461 e. The van der Waals surface area contributed by atoms with Gasteiger partial charge < -0.3 is 18.6 Å². The monoisotopic (exact) mass is 442 g/mol. The smallest absolute Gasteiger partial charge is 0.355 e. The first kappa shape index (κ1) is 23.8. The molecule has 1 amide bonds. The van der Waals surface area contributed by atoms with Gasteiger partial charge >= 0.3 is 5.97 Å². The van der Waals surface area contributed by atoms with Gasteiger partial charge in [-0.25, -0.2) is 4.79 Å². The van der Waals surface area contributed by atoms with E-state index in [1.54, 1.807) is 30.9 Å². The highest BCUT2D eigenvalue weighted by atomic mass is 16.5. The molecular weight excluding hydrogens is 408 g/mol. The zero-order valence-electron chi connectivity index (χ0n) is 19.6. The molecule has 0 unspecified atom stereocenters. The lowest BCUT2D eigenvalue weighted by Gasteiger charge is -2.29. The molecule has 0 N–H and O–H groups in total. The molecule has 0 aromatic carbocycles. The fraction of sp³-hybridized carbons (Fsp3) is 0.560. The fourth-order valence-corrected chi connectivity index (χ4v) is 4.87. The van der Waals surface area contributed by atoms with Crippen molar-refractivity contribution in [3.8, 4) is 0 Å². The summed E-state index contributed by atoms with van der Waals surface area (Å²) < 4.78 is 12.4. The number of nitrogens with zero attached hydrogens (tertiary/aromatic N) is 2. The van der Waals surface area contributed by atoms with Gasteiger partial charge in [-0.1, -0.05) is 19.3 Å². The van der Waals surface area contributed by atoms with Crippen LogP contribution in [-0.2, 0) is 11.3 Å². The molecule has 0 spiro atoms. The summed E-state index contributed by atoms with van der Waals surface area (Å²) in [5.41, 5.74) is 2.24. The maximum Gasteiger partial charge on any atom is 0.355 e. The van der Waals surface area contributed by atoms with E-state index < -0.39 is 5.97 Å². The number of Topliss-reactive ketones (excluding diaryl/α,β-unsaturated/α-hetero) is 1. The Morgan fingerprint density at radius 1 is 1.16 bits per heavy atom. The molecule has 0 radical (unpaired) electrons. The molecule has 2 heterocycles. The highest BCUT2D eigenvalue weighted by Crippen LogP contribution is 2.27. The Morgan fingerprint density at radius 2 is 1.88 bits per heavy atom. The second-order valence-corrected chi connectivity index (χ2v) is 8.49. The predicted octanol–water partition coefficient (Wildman–Crippen LogP) is 4.80. The second-order valence-electron chi connectivity index (χ2n) is 8.49. The van der Waals surface area contributed by atoms with Crippen LogP contribution in [0.2, 0.25) is 0 Å². The van der Waals surface area contributed by atoms with E-state index in [-0.39, 0.29) is 30.6 Å². The quantitative estimate of drug-likeness (QED) is 0.412. The lowest BCUT2D eigenvalue weighted by Crippen LogP contribution is -2.39. The Kier molecular flexibility index (Phi) is 7.94. The topological polar surface area (TPSA) is 81.8 Å². The molecule has 0 aliphatic heterocycles. The van der Waals surface area contributed by atoms with Crippen molar-refractivity contribution in [3.63, 3.8) is 0 Å². The molecule has 2 aromatic rings. The van der Waals surface area contributed by atoms with Crippen LogP contribution in [0.3, 0.4) is 0 Å². The summed E-state index contributed by atoms with van der Waals surface area (Å²) in [6.07, 6.45) is 7.13. The maximum absolute atomic E-state index is 13.5. The largest absolute Gasteiger partial charge is 0.461 e. The zero-order chi connectivity index (χ0) is 23.3. The summed E-state index contributed by atoms with van der Waals surface area (Å²) in [6, 6.07) is 3.30. The minimum absolute atomic E-state index is 0.0479. The summed E-state index contributed by atoms with van der Waals surface area (Å²) in [4.78, 5) is 40.8. The average molecular weight is 443 g/mol. The first-order chi connectivity index (χ1) is 15.4. The number of hydrogen-bond donors (Lipinski definition) is 0. The minimum atomic E-state index is -0.431. The molecule has 2 aromatic heterocycles. The first-order valence-electron chi connectivity index (χ1n) is 11.6. The van der Waals surface area contributed by atoms with Crippen LogP contribution in [0.5, 0.6) is 0 Å². The van der Waals surface area contributed by atoms with Crippen LogP contribution in [0.4, 0.5) is 0 Å². The SMILES string of the molecule is CCOC(=O)c1c(C)c(C(=O)CN(CC2CCCCC2)C(=O)c2ccco2)c(C)n1CC. The summed E-state index contributed by atoms with van der Waals surface area (Å²) in [5.74, 6) is -0.258. The Labute approximate surface area is 189 Å². The normalized spacial score (nSPS) is 14.4. The van der Waals surface area contributed by atoms with Crippen LogP contribution in [0, 0.1) is 19.8 Å². The fourth-order valence-electron chi connectivity index (χ4n) is 4.87. The molecule has 7 nitrogen and oxygen atoms in total. The van der Waals surface area contributed by atoms with Crippen molar-refractivity contribution in [3.05, 3.63) is 46.7 Å². The second kappa shape index (κ2) is 10.7. The summed E-state index contributed by atoms with van der Waals surface area (Å²) in [6.45, 7) is 8.60. The van der Waals surface area contributed by atoms with E-state index in [4.69, 9.17) is 9.15 Å². The van der Waals surface area contributed by atoms with Crippen molar-refractivity contribution >= 4 is 17.7 Å². The van der Waals surface area contributed by atoms with Crippen molar-refractivity contribution in [2.24, 2.45) is 5.92 Å². The van der Waals surface area contributed by atoms with Gasteiger partial charge in [-0.3, -0.25) is 9.59 Å². The summed E-state index contributed by atoms with van der Waals surface area (Å²) in [5, 5.41) is 0. The van der Waals surface area contributed by atoms with Crippen LogP contribution in [-0.4, -0.2) is 46.8 Å². The van der Waals surface area contributed by atoms with Crippen molar-refractivity contribution in [1.82, 2.24) is 9.47 Å². The Hall–Kier alpha value is -2.83. The molecule has 1 fully saturated rings. The third kappa shape index (κ3) is 4.97. The molecule has 0 saturated heterocycles. The number of ketones is 1. The van der Waals surface area contributed by atoms with Crippen LogP contribution < -0.4 is 0 Å².